The molecule has 0 saturated carbocycles. The van der Waals surface area contributed by atoms with Crippen molar-refractivity contribution in [3.8, 4) is 0 Å². The van der Waals surface area contributed by atoms with Gasteiger partial charge >= 0.3 is 11.9 Å². The van der Waals surface area contributed by atoms with Crippen LogP contribution in [0.15, 0.2) is 24.3 Å². The van der Waals surface area contributed by atoms with E-state index < -0.39 is 48.6 Å². The van der Waals surface area contributed by atoms with Gasteiger partial charge in [-0.05, 0) is 19.1 Å². The second kappa shape index (κ2) is 9.83. The number of nitrogens with one attached hydrogen (secondary N) is 2. The number of ether oxygens (including phenoxy) is 2. The van der Waals surface area contributed by atoms with Gasteiger partial charge in [-0.15, -0.1) is 0 Å². The van der Waals surface area contributed by atoms with Gasteiger partial charge in [0.25, 0.3) is 5.91 Å². The van der Waals surface area contributed by atoms with E-state index in [-0.39, 0.29) is 18.9 Å². The van der Waals surface area contributed by atoms with Crippen LogP contribution in [0, 0.1) is 5.41 Å². The Morgan fingerprint density at radius 3 is 2.30 bits per heavy atom. The number of carbonyl (C=O) groups is 4. The lowest BCUT2D eigenvalue weighted by atomic mass is 10.1. The highest BCUT2D eigenvalue weighted by Crippen LogP contribution is 2.18. The van der Waals surface area contributed by atoms with Crippen molar-refractivity contribution >= 4 is 29.6 Å². The molecule has 1 aliphatic rings. The molecule has 0 spiro atoms. The van der Waals surface area contributed by atoms with E-state index in [2.05, 4.69) is 5.32 Å². The topological polar surface area (TPSA) is 172 Å². The first-order valence-electron chi connectivity index (χ1n) is 9.13. The van der Waals surface area contributed by atoms with Crippen LogP contribution in [-0.2, 0) is 23.9 Å². The van der Waals surface area contributed by atoms with Crippen LogP contribution in [0.25, 0.3) is 0 Å². The van der Waals surface area contributed by atoms with E-state index in [1.165, 1.54) is 43.0 Å². The zero-order valence-electron chi connectivity index (χ0n) is 16.6. The number of likely N-dealkylation sites (tertiary alicyclic amines) is 1. The van der Waals surface area contributed by atoms with Crippen molar-refractivity contribution in [1.82, 2.24) is 10.2 Å². The lowest BCUT2D eigenvalue weighted by Gasteiger charge is -2.21. The summed E-state index contributed by atoms with van der Waals surface area (Å²) >= 11 is 0. The molecule has 2 unspecified atom stereocenters. The lowest BCUT2D eigenvalue weighted by molar-refractivity contribution is -0.155. The molecule has 162 valence electrons. The van der Waals surface area contributed by atoms with Crippen molar-refractivity contribution in [1.29, 1.82) is 5.41 Å². The predicted octanol–water partition coefficient (Wildman–Crippen LogP) is -0.667. The molecule has 11 nitrogen and oxygen atoms in total. The lowest BCUT2D eigenvalue weighted by Crippen LogP contribution is -2.46. The molecule has 1 saturated heterocycles. The highest BCUT2D eigenvalue weighted by Gasteiger charge is 2.40. The Kier molecular flexibility index (Phi) is 7.48. The second-order valence-corrected chi connectivity index (χ2v) is 6.82. The Labute approximate surface area is 172 Å². The summed E-state index contributed by atoms with van der Waals surface area (Å²) in [6.07, 6.45) is -1.58. The Morgan fingerprint density at radius 2 is 1.77 bits per heavy atom. The summed E-state index contributed by atoms with van der Waals surface area (Å²) in [7, 11) is 0. The van der Waals surface area contributed by atoms with E-state index in [0.717, 1.165) is 0 Å². The SMILES string of the molecule is CC(=O)OC1CN(C(=O)C(C)NC(=O)c2ccc(C(=N)N)cc2)C[C@H]1OCC(=O)O. The van der Waals surface area contributed by atoms with Gasteiger partial charge in [-0.1, -0.05) is 12.1 Å². The summed E-state index contributed by atoms with van der Waals surface area (Å²) in [4.78, 5) is 48.5. The fourth-order valence-corrected chi connectivity index (χ4v) is 3.01. The van der Waals surface area contributed by atoms with E-state index in [0.29, 0.717) is 11.1 Å². The van der Waals surface area contributed by atoms with Crippen molar-refractivity contribution in [2.45, 2.75) is 32.1 Å². The summed E-state index contributed by atoms with van der Waals surface area (Å²) in [5.74, 6) is -2.80. The molecule has 1 aliphatic heterocycles. The molecule has 0 bridgehead atoms. The third kappa shape index (κ3) is 6.01. The minimum absolute atomic E-state index is 0.0240. The Bertz CT molecular complexity index is 840. The van der Waals surface area contributed by atoms with Gasteiger partial charge in [-0.3, -0.25) is 19.8 Å². The molecule has 0 radical (unpaired) electrons. The molecule has 2 rings (SSSR count). The number of nitrogens with two attached hydrogens (primary N) is 1. The van der Waals surface area contributed by atoms with Gasteiger partial charge in [-0.2, -0.15) is 0 Å². The normalized spacial score (nSPS) is 19.1. The quantitative estimate of drug-likeness (QED) is 0.243. The van der Waals surface area contributed by atoms with Crippen molar-refractivity contribution in [3.63, 3.8) is 0 Å². The summed E-state index contributed by atoms with van der Waals surface area (Å²) in [5, 5.41) is 18.7. The Balaban J connectivity index is 2.00. The number of hydrogen-bond donors (Lipinski definition) is 4. The molecule has 1 aromatic rings. The summed E-state index contributed by atoms with van der Waals surface area (Å²) < 4.78 is 10.4. The van der Waals surface area contributed by atoms with Crippen LogP contribution in [-0.4, -0.2) is 77.5 Å². The van der Waals surface area contributed by atoms with Crippen LogP contribution in [0.4, 0.5) is 0 Å². The smallest absolute Gasteiger partial charge is 0.329 e. The maximum Gasteiger partial charge on any atom is 0.329 e. The maximum absolute atomic E-state index is 12.7. The minimum atomic E-state index is -1.18. The third-order valence-corrected chi connectivity index (χ3v) is 4.44. The zero-order chi connectivity index (χ0) is 22.4. The van der Waals surface area contributed by atoms with Gasteiger partial charge in [0.05, 0.1) is 13.1 Å². The molecule has 0 aromatic heterocycles. The molecule has 1 heterocycles. The Hall–Kier alpha value is -3.47. The number of nitrogen functional groups attached to an aromatic ring is 1. The molecule has 0 aliphatic carbocycles. The minimum Gasteiger partial charge on any atom is -0.480 e. The number of aliphatic carboxylic acids is 1. The largest absolute Gasteiger partial charge is 0.480 e. The summed E-state index contributed by atoms with van der Waals surface area (Å²) in [6, 6.07) is 5.15. The van der Waals surface area contributed by atoms with E-state index in [9.17, 15) is 19.2 Å². The summed E-state index contributed by atoms with van der Waals surface area (Å²) in [5.41, 5.74) is 6.14. The van der Waals surface area contributed by atoms with E-state index >= 15 is 0 Å². The fraction of sp³-hybridized carbons (Fsp3) is 0.421. The zero-order valence-corrected chi connectivity index (χ0v) is 16.6. The van der Waals surface area contributed by atoms with Gasteiger partial charge in [0, 0.05) is 18.1 Å². The molecule has 2 amide bonds. The number of amidine groups is 1. The number of carboxylic acid groups (broad SMARTS) is 1. The number of benzene rings is 1. The standard InChI is InChI=1S/C19H24N4O7/c1-10(22-18(27)13-5-3-12(4-6-13)17(20)21)19(28)23-7-14(29-9-16(25)26)15(8-23)30-11(2)24/h3-6,10,14-15H,7-9H2,1-2H3,(H3,20,21)(H,22,27)(H,25,26)/t10?,14-,15?/m1/s1. The molecule has 30 heavy (non-hydrogen) atoms. The van der Waals surface area contributed by atoms with Gasteiger partial charge in [0.1, 0.15) is 30.7 Å². The molecule has 1 aromatic carbocycles. The maximum atomic E-state index is 12.7. The van der Waals surface area contributed by atoms with Crippen LogP contribution in [0.2, 0.25) is 0 Å². The van der Waals surface area contributed by atoms with Crippen LogP contribution < -0.4 is 11.1 Å². The van der Waals surface area contributed by atoms with Crippen LogP contribution in [0.3, 0.4) is 0 Å². The molecule has 11 heteroatoms. The number of carboxylic acids is 1. The number of rotatable bonds is 8. The van der Waals surface area contributed by atoms with E-state index in [1.807, 2.05) is 0 Å². The van der Waals surface area contributed by atoms with Crippen molar-refractivity contribution in [2.75, 3.05) is 19.7 Å². The Morgan fingerprint density at radius 1 is 1.20 bits per heavy atom. The van der Waals surface area contributed by atoms with Crippen molar-refractivity contribution < 1.29 is 33.8 Å². The van der Waals surface area contributed by atoms with Gasteiger partial charge in [-0.25, -0.2) is 4.79 Å². The highest BCUT2D eigenvalue weighted by molar-refractivity contribution is 5.99. The summed E-state index contributed by atoms with van der Waals surface area (Å²) in [6.45, 7) is 2.18. The predicted molar refractivity (Wildman–Crippen MR) is 104 cm³/mol. The number of amides is 2. The van der Waals surface area contributed by atoms with Crippen molar-refractivity contribution in [3.05, 3.63) is 35.4 Å². The van der Waals surface area contributed by atoms with Crippen LogP contribution in [0.1, 0.15) is 29.8 Å². The number of carbonyl (C=O) groups excluding carboxylic acids is 3. The number of hydrogen-bond acceptors (Lipinski definition) is 7. The molecule has 3 atom stereocenters. The molecule has 1 fully saturated rings. The van der Waals surface area contributed by atoms with Crippen molar-refractivity contribution in [2.24, 2.45) is 5.73 Å². The average Bonchev–Trinajstić information content (AvgIpc) is 3.07. The van der Waals surface area contributed by atoms with Crippen LogP contribution in [0.5, 0.6) is 0 Å². The fourth-order valence-electron chi connectivity index (χ4n) is 3.01. The molecular formula is C19H24N4O7. The highest BCUT2D eigenvalue weighted by atomic mass is 16.6. The average molecular weight is 420 g/mol. The first kappa shape index (κ1) is 22.8. The monoisotopic (exact) mass is 420 g/mol. The molecule has 5 N–H and O–H groups in total. The molecular weight excluding hydrogens is 396 g/mol. The number of esters is 1. The first-order valence-corrected chi connectivity index (χ1v) is 9.13. The van der Waals surface area contributed by atoms with E-state index in [4.69, 9.17) is 25.7 Å². The first-order chi connectivity index (χ1) is 14.1. The van der Waals surface area contributed by atoms with Gasteiger partial charge in [0.2, 0.25) is 5.91 Å². The number of nitrogens with zero attached hydrogens (tertiary/aromatic N) is 1. The second-order valence-electron chi connectivity index (χ2n) is 6.82. The van der Waals surface area contributed by atoms with Gasteiger partial charge < -0.3 is 30.5 Å². The van der Waals surface area contributed by atoms with E-state index in [1.54, 1.807) is 0 Å². The van der Waals surface area contributed by atoms with Gasteiger partial charge in [0.15, 0.2) is 0 Å². The third-order valence-electron chi connectivity index (χ3n) is 4.44. The van der Waals surface area contributed by atoms with Crippen LogP contribution >= 0.6 is 0 Å².